The van der Waals surface area contributed by atoms with E-state index in [1.807, 2.05) is 11.8 Å². The molecule has 0 saturated carbocycles. The number of imidazole rings is 1. The predicted octanol–water partition coefficient (Wildman–Crippen LogP) is 3.80. The molecule has 0 saturated heterocycles. The van der Waals surface area contributed by atoms with Gasteiger partial charge in [-0.15, -0.1) is 11.3 Å². The number of thiazole rings is 1. The van der Waals surface area contributed by atoms with Crippen molar-refractivity contribution in [1.29, 1.82) is 0 Å². The number of rotatable bonds is 6. The van der Waals surface area contributed by atoms with Gasteiger partial charge in [0.2, 0.25) is 0 Å². The molecule has 0 aliphatic rings. The highest BCUT2D eigenvalue weighted by atomic mass is 32.2. The van der Waals surface area contributed by atoms with Gasteiger partial charge < -0.3 is 5.32 Å². The van der Waals surface area contributed by atoms with Crippen LogP contribution in [0.4, 0.5) is 0 Å². The standard InChI is InChI=1S/C15H17N3S2/c1-2-16-10-13-14(17-15-18(13)8-9-19-15)20-11-12-6-4-3-5-7-12/h3-9,16H,2,10-11H2,1H3. The maximum atomic E-state index is 4.75. The third-order valence-electron chi connectivity index (χ3n) is 3.09. The molecule has 1 N–H and O–H groups in total. The van der Waals surface area contributed by atoms with E-state index in [1.54, 1.807) is 11.3 Å². The lowest BCUT2D eigenvalue weighted by atomic mass is 10.2. The molecule has 2 heterocycles. The average Bonchev–Trinajstić information content (AvgIpc) is 3.05. The van der Waals surface area contributed by atoms with Gasteiger partial charge in [-0.2, -0.15) is 0 Å². The van der Waals surface area contributed by atoms with E-state index in [-0.39, 0.29) is 0 Å². The second-order valence-electron chi connectivity index (χ2n) is 4.47. The SMILES string of the molecule is CCNCc1c(SCc2ccccc2)nc2sccn12. The molecule has 0 unspecified atom stereocenters. The van der Waals surface area contributed by atoms with Crippen molar-refractivity contribution in [2.24, 2.45) is 0 Å². The van der Waals surface area contributed by atoms with Gasteiger partial charge in [0.25, 0.3) is 0 Å². The lowest BCUT2D eigenvalue weighted by molar-refractivity contribution is 0.694. The molecular formula is C15H17N3S2. The smallest absolute Gasteiger partial charge is 0.194 e. The zero-order chi connectivity index (χ0) is 13.8. The molecule has 3 nitrogen and oxygen atoms in total. The van der Waals surface area contributed by atoms with Crippen LogP contribution in [-0.4, -0.2) is 15.9 Å². The van der Waals surface area contributed by atoms with E-state index in [2.05, 4.69) is 58.5 Å². The molecule has 2 aromatic heterocycles. The minimum atomic E-state index is 0.867. The van der Waals surface area contributed by atoms with Crippen molar-refractivity contribution in [3.63, 3.8) is 0 Å². The molecule has 0 aliphatic heterocycles. The third-order valence-corrected chi connectivity index (χ3v) is 4.92. The summed E-state index contributed by atoms with van der Waals surface area (Å²) >= 11 is 3.50. The molecule has 0 spiro atoms. The molecule has 0 bridgehead atoms. The maximum Gasteiger partial charge on any atom is 0.194 e. The number of hydrogen-bond donors (Lipinski definition) is 1. The van der Waals surface area contributed by atoms with Gasteiger partial charge in [0, 0.05) is 23.9 Å². The number of aromatic nitrogens is 2. The topological polar surface area (TPSA) is 29.3 Å². The van der Waals surface area contributed by atoms with E-state index >= 15 is 0 Å². The summed E-state index contributed by atoms with van der Waals surface area (Å²) in [6.45, 7) is 3.97. The Hall–Kier alpha value is -1.30. The van der Waals surface area contributed by atoms with Gasteiger partial charge in [0.1, 0.15) is 5.03 Å². The number of nitrogens with one attached hydrogen (secondary N) is 1. The summed E-state index contributed by atoms with van der Waals surface area (Å²) in [5.41, 5.74) is 2.60. The highest BCUT2D eigenvalue weighted by Gasteiger charge is 2.13. The zero-order valence-electron chi connectivity index (χ0n) is 11.4. The Morgan fingerprint density at radius 1 is 1.30 bits per heavy atom. The molecule has 104 valence electrons. The minimum absolute atomic E-state index is 0.867. The zero-order valence-corrected chi connectivity index (χ0v) is 13.0. The van der Waals surface area contributed by atoms with E-state index in [9.17, 15) is 0 Å². The number of nitrogens with zero attached hydrogens (tertiary/aromatic N) is 2. The summed E-state index contributed by atoms with van der Waals surface area (Å²) in [6, 6.07) is 10.5. The minimum Gasteiger partial charge on any atom is -0.311 e. The molecule has 3 rings (SSSR count). The summed E-state index contributed by atoms with van der Waals surface area (Å²) in [7, 11) is 0. The summed E-state index contributed by atoms with van der Waals surface area (Å²) in [6.07, 6.45) is 2.10. The largest absolute Gasteiger partial charge is 0.311 e. The first-order chi connectivity index (χ1) is 9.88. The predicted molar refractivity (Wildman–Crippen MR) is 86.5 cm³/mol. The van der Waals surface area contributed by atoms with E-state index < -0.39 is 0 Å². The average molecular weight is 303 g/mol. The molecule has 0 amide bonds. The molecule has 1 aromatic carbocycles. The third kappa shape index (κ3) is 2.90. The van der Waals surface area contributed by atoms with Crippen molar-refractivity contribution in [3.8, 4) is 0 Å². The Labute approximate surface area is 127 Å². The summed E-state index contributed by atoms with van der Waals surface area (Å²) in [5.74, 6) is 0.963. The van der Waals surface area contributed by atoms with E-state index in [0.717, 1.165) is 28.8 Å². The van der Waals surface area contributed by atoms with E-state index in [4.69, 9.17) is 4.98 Å². The van der Waals surface area contributed by atoms with Crippen molar-refractivity contribution >= 4 is 28.1 Å². The molecule has 0 fully saturated rings. The Morgan fingerprint density at radius 3 is 2.95 bits per heavy atom. The van der Waals surface area contributed by atoms with Gasteiger partial charge in [0.15, 0.2) is 4.96 Å². The summed E-state index contributed by atoms with van der Waals surface area (Å²) in [5, 5.41) is 6.63. The lowest BCUT2D eigenvalue weighted by Gasteiger charge is -2.04. The van der Waals surface area contributed by atoms with Crippen LogP contribution in [-0.2, 0) is 12.3 Å². The molecule has 0 atom stereocenters. The molecule has 3 aromatic rings. The molecular weight excluding hydrogens is 286 g/mol. The normalized spacial score (nSPS) is 11.2. The van der Waals surface area contributed by atoms with Crippen LogP contribution in [0.5, 0.6) is 0 Å². The highest BCUT2D eigenvalue weighted by Crippen LogP contribution is 2.28. The van der Waals surface area contributed by atoms with Crippen LogP contribution in [0.1, 0.15) is 18.2 Å². The van der Waals surface area contributed by atoms with Crippen LogP contribution >= 0.6 is 23.1 Å². The van der Waals surface area contributed by atoms with Gasteiger partial charge in [-0.3, -0.25) is 4.40 Å². The quantitative estimate of drug-likeness (QED) is 0.702. The van der Waals surface area contributed by atoms with Crippen molar-refractivity contribution in [2.45, 2.75) is 24.2 Å². The van der Waals surface area contributed by atoms with Gasteiger partial charge >= 0.3 is 0 Å². The Morgan fingerprint density at radius 2 is 2.15 bits per heavy atom. The first-order valence-electron chi connectivity index (χ1n) is 6.70. The molecule has 5 heteroatoms. The van der Waals surface area contributed by atoms with Crippen LogP contribution in [0.15, 0.2) is 46.9 Å². The van der Waals surface area contributed by atoms with Gasteiger partial charge in [-0.1, -0.05) is 49.0 Å². The van der Waals surface area contributed by atoms with Gasteiger partial charge in [0.05, 0.1) is 5.69 Å². The first-order valence-corrected chi connectivity index (χ1v) is 8.57. The molecule has 0 radical (unpaired) electrons. The fourth-order valence-corrected chi connectivity index (χ4v) is 3.83. The van der Waals surface area contributed by atoms with Gasteiger partial charge in [-0.25, -0.2) is 4.98 Å². The van der Waals surface area contributed by atoms with Crippen molar-refractivity contribution in [2.75, 3.05) is 6.54 Å². The van der Waals surface area contributed by atoms with Crippen molar-refractivity contribution in [1.82, 2.24) is 14.7 Å². The van der Waals surface area contributed by atoms with Crippen LogP contribution in [0, 0.1) is 0 Å². The number of benzene rings is 1. The van der Waals surface area contributed by atoms with Crippen molar-refractivity contribution < 1.29 is 0 Å². The monoisotopic (exact) mass is 303 g/mol. The maximum absolute atomic E-state index is 4.75. The molecule has 20 heavy (non-hydrogen) atoms. The first kappa shape index (κ1) is 13.7. The second-order valence-corrected chi connectivity index (χ2v) is 6.31. The Balaban J connectivity index is 1.81. The summed E-state index contributed by atoms with van der Waals surface area (Å²) < 4.78 is 2.20. The van der Waals surface area contributed by atoms with Crippen LogP contribution in [0.25, 0.3) is 4.96 Å². The number of fused-ring (bicyclic) bond motifs is 1. The molecule has 0 aliphatic carbocycles. The Kier molecular flexibility index (Phi) is 4.40. The van der Waals surface area contributed by atoms with Crippen LogP contribution in [0.2, 0.25) is 0 Å². The van der Waals surface area contributed by atoms with Gasteiger partial charge in [-0.05, 0) is 12.1 Å². The number of thioether (sulfide) groups is 1. The fraction of sp³-hybridized carbons (Fsp3) is 0.267. The van der Waals surface area contributed by atoms with E-state index in [0.29, 0.717) is 0 Å². The second kappa shape index (κ2) is 6.43. The van der Waals surface area contributed by atoms with Crippen LogP contribution in [0.3, 0.4) is 0 Å². The highest BCUT2D eigenvalue weighted by molar-refractivity contribution is 7.98. The van der Waals surface area contributed by atoms with Crippen LogP contribution < -0.4 is 5.32 Å². The van der Waals surface area contributed by atoms with E-state index in [1.165, 1.54) is 11.3 Å². The fourth-order valence-electron chi connectivity index (χ4n) is 2.06. The van der Waals surface area contributed by atoms with Crippen molar-refractivity contribution in [3.05, 3.63) is 53.2 Å². The Bertz CT molecular complexity index is 673. The lowest BCUT2D eigenvalue weighted by Crippen LogP contribution is -2.13. The number of hydrogen-bond acceptors (Lipinski definition) is 4. The summed E-state index contributed by atoms with van der Waals surface area (Å²) in [4.78, 5) is 5.82.